The number of rotatable bonds is 7. The van der Waals surface area contributed by atoms with Crippen molar-refractivity contribution in [2.45, 2.75) is 58.5 Å². The van der Waals surface area contributed by atoms with E-state index >= 15 is 0 Å². The lowest BCUT2D eigenvalue weighted by Crippen LogP contribution is -2.50. The van der Waals surface area contributed by atoms with Crippen molar-refractivity contribution in [3.05, 3.63) is 46.7 Å². The highest BCUT2D eigenvalue weighted by Gasteiger charge is 2.36. The van der Waals surface area contributed by atoms with Crippen LogP contribution in [0.1, 0.15) is 62.1 Å². The Hall–Kier alpha value is -2.54. The highest BCUT2D eigenvalue weighted by atomic mass is 35.5. The summed E-state index contributed by atoms with van der Waals surface area (Å²) in [4.78, 5) is 30.5. The van der Waals surface area contributed by atoms with E-state index in [4.69, 9.17) is 16.3 Å². The lowest BCUT2D eigenvalue weighted by atomic mass is 9.90. The molecule has 0 radical (unpaired) electrons. The van der Waals surface area contributed by atoms with Crippen LogP contribution in [0.4, 0.5) is 0 Å². The van der Waals surface area contributed by atoms with Crippen molar-refractivity contribution < 1.29 is 14.3 Å². The van der Waals surface area contributed by atoms with E-state index in [2.05, 4.69) is 18.9 Å². The summed E-state index contributed by atoms with van der Waals surface area (Å²) in [6, 6.07) is 9.27. The molecule has 0 spiro atoms. The number of hydrogen-bond donors (Lipinski definition) is 0. The molecule has 0 saturated carbocycles. The molecule has 2 fully saturated rings. The molecule has 0 aliphatic carbocycles. The molecule has 2 aliphatic rings. The van der Waals surface area contributed by atoms with E-state index in [1.807, 2.05) is 41.1 Å². The zero-order valence-electron chi connectivity index (χ0n) is 21.1. The number of carbonyl (C=O) groups is 2. The summed E-state index contributed by atoms with van der Waals surface area (Å²) in [6.45, 7) is 6.98. The van der Waals surface area contributed by atoms with Gasteiger partial charge in [-0.15, -0.1) is 0 Å². The Morgan fingerprint density at radius 2 is 1.89 bits per heavy atom. The van der Waals surface area contributed by atoms with Gasteiger partial charge < -0.3 is 14.5 Å². The number of amides is 2. The molecular formula is C27H37ClN4O3. The van der Waals surface area contributed by atoms with E-state index in [0.717, 1.165) is 38.0 Å². The van der Waals surface area contributed by atoms with Gasteiger partial charge in [-0.1, -0.05) is 31.5 Å². The second-order valence-electron chi connectivity index (χ2n) is 10.3. The largest absolute Gasteiger partial charge is 0.490 e. The predicted molar refractivity (Wildman–Crippen MR) is 137 cm³/mol. The summed E-state index contributed by atoms with van der Waals surface area (Å²) in [5.41, 5.74) is 1.53. The van der Waals surface area contributed by atoms with Crippen molar-refractivity contribution >= 4 is 23.4 Å². The van der Waals surface area contributed by atoms with Gasteiger partial charge in [0, 0.05) is 57.0 Å². The molecule has 2 atom stereocenters. The van der Waals surface area contributed by atoms with Crippen molar-refractivity contribution in [2.24, 2.45) is 18.9 Å². The van der Waals surface area contributed by atoms with Crippen LogP contribution in [-0.4, -0.2) is 63.7 Å². The molecule has 4 rings (SSSR count). The maximum absolute atomic E-state index is 13.5. The normalized spacial score (nSPS) is 20.8. The number of likely N-dealkylation sites (tertiary alicyclic amines) is 2. The fourth-order valence-corrected chi connectivity index (χ4v) is 5.35. The van der Waals surface area contributed by atoms with Crippen LogP contribution in [0.15, 0.2) is 30.3 Å². The number of aryl methyl sites for hydroxylation is 1. The topological polar surface area (TPSA) is 67.7 Å². The van der Waals surface area contributed by atoms with Crippen LogP contribution < -0.4 is 4.74 Å². The van der Waals surface area contributed by atoms with Crippen LogP contribution in [-0.2, 0) is 18.3 Å². The lowest BCUT2D eigenvalue weighted by molar-refractivity contribution is -0.134. The molecule has 0 unspecified atom stereocenters. The first kappa shape index (κ1) is 25.5. The second-order valence-corrected chi connectivity index (χ2v) is 10.7. The minimum atomic E-state index is -0.158. The quantitative estimate of drug-likeness (QED) is 0.558. The molecule has 35 heavy (non-hydrogen) atoms. The van der Waals surface area contributed by atoms with E-state index in [1.165, 1.54) is 6.42 Å². The molecule has 0 N–H and O–H groups in total. The third kappa shape index (κ3) is 6.57. The molecule has 2 saturated heterocycles. The van der Waals surface area contributed by atoms with Crippen LogP contribution in [0.25, 0.3) is 0 Å². The Morgan fingerprint density at radius 1 is 1.11 bits per heavy atom. The number of hydrogen-bond acceptors (Lipinski definition) is 4. The summed E-state index contributed by atoms with van der Waals surface area (Å²) in [5.74, 6) is 1.19. The van der Waals surface area contributed by atoms with Crippen LogP contribution >= 0.6 is 11.6 Å². The predicted octanol–water partition coefficient (Wildman–Crippen LogP) is 4.58. The van der Waals surface area contributed by atoms with Crippen LogP contribution in [0.2, 0.25) is 5.02 Å². The fraction of sp³-hybridized carbons (Fsp3) is 0.593. The number of aromatic nitrogens is 2. The molecule has 8 heteroatoms. The Labute approximate surface area is 213 Å². The summed E-state index contributed by atoms with van der Waals surface area (Å²) >= 11 is 6.16. The number of nitrogens with zero attached hydrogens (tertiary/aromatic N) is 4. The summed E-state index contributed by atoms with van der Waals surface area (Å²) in [7, 11) is 1.82. The van der Waals surface area contributed by atoms with Gasteiger partial charge >= 0.3 is 0 Å². The van der Waals surface area contributed by atoms with Crippen molar-refractivity contribution in [1.82, 2.24) is 19.6 Å². The first-order valence-electron chi connectivity index (χ1n) is 12.8. The molecule has 2 aromatic rings. The number of benzene rings is 1. The molecule has 0 bridgehead atoms. The summed E-state index contributed by atoms with van der Waals surface area (Å²) in [5, 5.41) is 5.16. The number of ether oxygens (including phenoxy) is 1. The van der Waals surface area contributed by atoms with E-state index in [1.54, 1.807) is 10.7 Å². The van der Waals surface area contributed by atoms with Gasteiger partial charge in [0.2, 0.25) is 5.91 Å². The highest BCUT2D eigenvalue weighted by molar-refractivity contribution is 6.30. The SMILES string of the molecule is CC(C)Cc1cc(C(=O)N2CC[C@H](Oc3cccc(Cl)c3)[C@@H](CC(=O)N3CCCCC3)C2)n(C)n1. The molecule has 2 amide bonds. The van der Waals surface area contributed by atoms with E-state index in [-0.39, 0.29) is 23.8 Å². The van der Waals surface area contributed by atoms with Gasteiger partial charge in [0.05, 0.1) is 5.69 Å². The molecule has 2 aliphatic heterocycles. The Kier molecular flexibility index (Phi) is 8.37. The van der Waals surface area contributed by atoms with Gasteiger partial charge in [0.1, 0.15) is 17.5 Å². The second kappa shape index (κ2) is 11.5. The van der Waals surface area contributed by atoms with Crippen molar-refractivity contribution in [2.75, 3.05) is 26.2 Å². The third-order valence-electron chi connectivity index (χ3n) is 6.95. The number of carbonyl (C=O) groups excluding carboxylic acids is 2. The summed E-state index contributed by atoms with van der Waals surface area (Å²) < 4.78 is 8.01. The van der Waals surface area contributed by atoms with Crippen LogP contribution in [0.5, 0.6) is 5.75 Å². The zero-order chi connectivity index (χ0) is 24.9. The third-order valence-corrected chi connectivity index (χ3v) is 7.18. The van der Waals surface area contributed by atoms with Gasteiger partial charge in [0.25, 0.3) is 5.91 Å². The number of piperidine rings is 2. The Balaban J connectivity index is 1.50. The minimum Gasteiger partial charge on any atom is -0.490 e. The average molecular weight is 501 g/mol. The van der Waals surface area contributed by atoms with Crippen LogP contribution in [0.3, 0.4) is 0 Å². The monoisotopic (exact) mass is 500 g/mol. The Morgan fingerprint density at radius 3 is 2.60 bits per heavy atom. The van der Waals surface area contributed by atoms with Gasteiger partial charge in [-0.05, 0) is 55.9 Å². The first-order valence-corrected chi connectivity index (χ1v) is 13.2. The Bertz CT molecular complexity index is 1030. The van der Waals surface area contributed by atoms with Gasteiger partial charge in [-0.3, -0.25) is 14.3 Å². The van der Waals surface area contributed by atoms with Crippen LogP contribution in [0, 0.1) is 11.8 Å². The first-order chi connectivity index (χ1) is 16.8. The fourth-order valence-electron chi connectivity index (χ4n) is 5.16. The standard InChI is InChI=1S/C27H37ClN4O3/c1-19(2)14-22-17-24(30(3)29-22)27(34)32-13-10-25(35-23-9-7-8-21(28)16-23)20(18-32)15-26(33)31-11-5-4-6-12-31/h7-9,16-17,19-20,25H,4-6,10-15,18H2,1-3H3/t20-,25-/m0/s1. The van der Waals surface area contributed by atoms with Gasteiger partial charge in [-0.25, -0.2) is 0 Å². The lowest BCUT2D eigenvalue weighted by Gasteiger charge is -2.39. The molecule has 1 aromatic carbocycles. The average Bonchev–Trinajstić information content (AvgIpc) is 3.19. The smallest absolute Gasteiger partial charge is 0.272 e. The highest BCUT2D eigenvalue weighted by Crippen LogP contribution is 2.29. The maximum Gasteiger partial charge on any atom is 0.272 e. The summed E-state index contributed by atoms with van der Waals surface area (Å²) in [6.07, 6.45) is 5.01. The molecule has 3 heterocycles. The molecular weight excluding hydrogens is 464 g/mol. The van der Waals surface area contributed by atoms with Crippen molar-refractivity contribution in [3.8, 4) is 5.75 Å². The van der Waals surface area contributed by atoms with Gasteiger partial charge in [-0.2, -0.15) is 5.10 Å². The molecule has 7 nitrogen and oxygen atoms in total. The zero-order valence-corrected chi connectivity index (χ0v) is 21.8. The van der Waals surface area contributed by atoms with E-state index in [0.29, 0.717) is 48.3 Å². The maximum atomic E-state index is 13.5. The van der Waals surface area contributed by atoms with Crippen molar-refractivity contribution in [1.29, 1.82) is 0 Å². The van der Waals surface area contributed by atoms with Gasteiger partial charge in [0.15, 0.2) is 0 Å². The molecule has 190 valence electrons. The molecule has 1 aromatic heterocycles. The van der Waals surface area contributed by atoms with E-state index in [9.17, 15) is 9.59 Å². The van der Waals surface area contributed by atoms with Crippen molar-refractivity contribution in [3.63, 3.8) is 0 Å². The van der Waals surface area contributed by atoms with E-state index < -0.39 is 0 Å². The number of halogens is 1. The minimum absolute atomic E-state index is 0.0355.